The van der Waals surface area contributed by atoms with Crippen LogP contribution in [0.15, 0.2) is 60.7 Å². The molecule has 0 spiro atoms. The molecule has 1 heterocycles. The fourth-order valence-corrected chi connectivity index (χ4v) is 2.44. The second-order valence-corrected chi connectivity index (χ2v) is 4.81. The lowest BCUT2D eigenvalue weighted by molar-refractivity contribution is -0.740. The highest BCUT2D eigenvalue weighted by Crippen LogP contribution is 2.25. The van der Waals surface area contributed by atoms with E-state index in [1.54, 1.807) is 12.1 Å². The molecule has 0 saturated carbocycles. The maximum absolute atomic E-state index is 14.0. The molecule has 0 aliphatic rings. The van der Waals surface area contributed by atoms with Gasteiger partial charge in [0.2, 0.25) is 5.69 Å². The lowest BCUT2D eigenvalue weighted by Gasteiger charge is -2.01. The van der Waals surface area contributed by atoms with Crippen molar-refractivity contribution in [3.63, 3.8) is 0 Å². The van der Waals surface area contributed by atoms with Crippen molar-refractivity contribution < 1.29 is 9.07 Å². The standard InChI is InChI=1S/C17H16FN2/c1-19-16(13-8-4-3-5-9-13)12-17(20(19)2)14-10-6-7-11-15(14)18/h3-12H,1-2H3/q+1. The normalized spacial score (nSPS) is 10.8. The molecule has 0 radical (unpaired) electrons. The topological polar surface area (TPSA) is 8.81 Å². The van der Waals surface area contributed by atoms with E-state index in [4.69, 9.17) is 0 Å². The molecule has 2 aromatic carbocycles. The molecule has 1 aromatic heterocycles. The van der Waals surface area contributed by atoms with Crippen molar-refractivity contribution in [1.82, 2.24) is 4.68 Å². The summed E-state index contributed by atoms with van der Waals surface area (Å²) in [4.78, 5) is 0. The van der Waals surface area contributed by atoms with E-state index < -0.39 is 0 Å². The first-order chi connectivity index (χ1) is 9.68. The minimum absolute atomic E-state index is 0.201. The van der Waals surface area contributed by atoms with Crippen LogP contribution in [0.2, 0.25) is 0 Å². The Bertz CT molecular complexity index is 745. The Labute approximate surface area is 117 Å². The Morgan fingerprint density at radius 3 is 2.30 bits per heavy atom. The number of halogens is 1. The van der Waals surface area contributed by atoms with Crippen LogP contribution < -0.4 is 4.68 Å². The van der Waals surface area contributed by atoms with Crippen LogP contribution in [-0.2, 0) is 14.1 Å². The average molecular weight is 267 g/mol. The molecule has 0 saturated heterocycles. The fourth-order valence-electron chi connectivity index (χ4n) is 2.44. The molecule has 0 N–H and O–H groups in total. The van der Waals surface area contributed by atoms with Crippen molar-refractivity contribution in [2.45, 2.75) is 0 Å². The summed E-state index contributed by atoms with van der Waals surface area (Å²) >= 11 is 0. The summed E-state index contributed by atoms with van der Waals surface area (Å²) < 4.78 is 18.0. The lowest BCUT2D eigenvalue weighted by Crippen LogP contribution is -2.39. The third kappa shape index (κ3) is 2.01. The van der Waals surface area contributed by atoms with Crippen LogP contribution >= 0.6 is 0 Å². The molecule has 0 fully saturated rings. The van der Waals surface area contributed by atoms with Gasteiger partial charge in [0.25, 0.3) is 0 Å². The molecule has 0 amide bonds. The van der Waals surface area contributed by atoms with Gasteiger partial charge in [-0.05, 0) is 24.3 Å². The van der Waals surface area contributed by atoms with Gasteiger partial charge in [-0.25, -0.2) is 4.39 Å². The van der Waals surface area contributed by atoms with E-state index in [2.05, 4.69) is 12.1 Å². The first-order valence-corrected chi connectivity index (χ1v) is 6.55. The molecular weight excluding hydrogens is 251 g/mol. The Balaban J connectivity index is 2.19. The molecule has 100 valence electrons. The maximum atomic E-state index is 14.0. The van der Waals surface area contributed by atoms with Gasteiger partial charge in [-0.1, -0.05) is 30.3 Å². The molecule has 3 heteroatoms. The number of rotatable bonds is 2. The fraction of sp³-hybridized carbons (Fsp3) is 0.118. The zero-order chi connectivity index (χ0) is 14.1. The van der Waals surface area contributed by atoms with Crippen molar-refractivity contribution >= 4 is 0 Å². The van der Waals surface area contributed by atoms with Gasteiger partial charge in [0.1, 0.15) is 11.5 Å². The first-order valence-electron chi connectivity index (χ1n) is 6.55. The first kappa shape index (κ1) is 12.6. The summed E-state index contributed by atoms with van der Waals surface area (Å²) in [5, 5.41) is 0. The van der Waals surface area contributed by atoms with E-state index >= 15 is 0 Å². The highest BCUT2D eigenvalue weighted by molar-refractivity contribution is 5.66. The Kier molecular flexibility index (Phi) is 3.11. The highest BCUT2D eigenvalue weighted by Gasteiger charge is 2.21. The molecule has 20 heavy (non-hydrogen) atoms. The van der Waals surface area contributed by atoms with E-state index in [1.807, 2.05) is 53.8 Å². The van der Waals surface area contributed by atoms with E-state index in [9.17, 15) is 4.39 Å². The summed E-state index contributed by atoms with van der Waals surface area (Å²) in [6.07, 6.45) is 0. The van der Waals surface area contributed by atoms with Gasteiger partial charge in [0.15, 0.2) is 7.05 Å². The average Bonchev–Trinajstić information content (AvgIpc) is 2.77. The molecule has 3 rings (SSSR count). The molecule has 0 unspecified atom stereocenters. The van der Waals surface area contributed by atoms with E-state index in [1.165, 1.54) is 6.07 Å². The molecule has 0 aliphatic heterocycles. The van der Waals surface area contributed by atoms with Crippen LogP contribution in [0.4, 0.5) is 4.39 Å². The molecule has 0 atom stereocenters. The van der Waals surface area contributed by atoms with Crippen molar-refractivity contribution in [2.75, 3.05) is 0 Å². The molecule has 0 aliphatic carbocycles. The summed E-state index contributed by atoms with van der Waals surface area (Å²) in [7, 11) is 3.92. The van der Waals surface area contributed by atoms with Crippen molar-refractivity contribution in [1.29, 1.82) is 0 Å². The van der Waals surface area contributed by atoms with Crippen LogP contribution in [0.5, 0.6) is 0 Å². The second-order valence-electron chi connectivity index (χ2n) is 4.81. The minimum atomic E-state index is -0.201. The van der Waals surface area contributed by atoms with Crippen LogP contribution in [0, 0.1) is 5.82 Å². The zero-order valence-electron chi connectivity index (χ0n) is 11.5. The Morgan fingerprint density at radius 1 is 0.950 bits per heavy atom. The number of hydrogen-bond donors (Lipinski definition) is 0. The summed E-state index contributed by atoms with van der Waals surface area (Å²) in [5.41, 5.74) is 3.66. The van der Waals surface area contributed by atoms with Gasteiger partial charge in [-0.15, -0.1) is 4.68 Å². The summed E-state index contributed by atoms with van der Waals surface area (Å²) in [5.74, 6) is -0.201. The predicted octanol–water partition coefficient (Wildman–Crippen LogP) is 3.32. The molecular formula is C17H16FN2+. The maximum Gasteiger partial charge on any atom is 0.238 e. The van der Waals surface area contributed by atoms with E-state index in [0.717, 1.165) is 17.0 Å². The van der Waals surface area contributed by atoms with Crippen LogP contribution in [0.1, 0.15) is 0 Å². The summed E-state index contributed by atoms with van der Waals surface area (Å²) in [6, 6.07) is 19.0. The van der Waals surface area contributed by atoms with Crippen molar-refractivity contribution in [3.8, 4) is 22.5 Å². The smallest absolute Gasteiger partial charge is 0.206 e. The number of aromatic nitrogens is 2. The predicted molar refractivity (Wildman–Crippen MR) is 77.4 cm³/mol. The number of benzene rings is 2. The lowest BCUT2D eigenvalue weighted by atomic mass is 10.1. The Morgan fingerprint density at radius 2 is 1.60 bits per heavy atom. The van der Waals surface area contributed by atoms with Gasteiger partial charge >= 0.3 is 0 Å². The van der Waals surface area contributed by atoms with Gasteiger partial charge < -0.3 is 0 Å². The van der Waals surface area contributed by atoms with E-state index in [0.29, 0.717) is 5.56 Å². The monoisotopic (exact) mass is 267 g/mol. The van der Waals surface area contributed by atoms with E-state index in [-0.39, 0.29) is 5.82 Å². The third-order valence-electron chi connectivity index (χ3n) is 3.64. The van der Waals surface area contributed by atoms with Crippen molar-refractivity contribution in [3.05, 3.63) is 66.5 Å². The summed E-state index contributed by atoms with van der Waals surface area (Å²) in [6.45, 7) is 0. The van der Waals surface area contributed by atoms with Gasteiger partial charge in [-0.2, -0.15) is 4.68 Å². The van der Waals surface area contributed by atoms with Crippen molar-refractivity contribution in [2.24, 2.45) is 14.1 Å². The third-order valence-corrected chi connectivity index (χ3v) is 3.64. The van der Waals surface area contributed by atoms with Crippen LogP contribution in [0.3, 0.4) is 0 Å². The second kappa shape index (κ2) is 4.93. The van der Waals surface area contributed by atoms with Crippen LogP contribution in [0.25, 0.3) is 22.5 Å². The zero-order valence-corrected chi connectivity index (χ0v) is 11.5. The van der Waals surface area contributed by atoms with Gasteiger partial charge in [0, 0.05) is 17.2 Å². The number of hydrogen-bond acceptors (Lipinski definition) is 0. The molecule has 0 bridgehead atoms. The minimum Gasteiger partial charge on any atom is -0.206 e. The number of nitrogens with zero attached hydrogens (tertiary/aromatic N) is 2. The largest absolute Gasteiger partial charge is 0.238 e. The quantitative estimate of drug-likeness (QED) is 0.630. The SMILES string of the molecule is Cn1c(-c2ccccc2F)cc(-c2ccccc2)[n+]1C. The van der Waals surface area contributed by atoms with Gasteiger partial charge in [-0.3, -0.25) is 0 Å². The molecule has 2 nitrogen and oxygen atoms in total. The molecule has 3 aromatic rings. The highest BCUT2D eigenvalue weighted by atomic mass is 19.1. The van der Waals surface area contributed by atoms with Gasteiger partial charge in [0.05, 0.1) is 7.05 Å². The van der Waals surface area contributed by atoms with Crippen LogP contribution in [-0.4, -0.2) is 4.68 Å². The Hall–Kier alpha value is -2.42.